The molecular formula is C19H23N3O3S. The number of aryl methyl sites for hydroxylation is 2. The molecule has 2 aliphatic heterocycles. The highest BCUT2D eigenvalue weighted by atomic mass is 32.2. The second-order valence-corrected chi connectivity index (χ2v) is 9.05. The lowest BCUT2D eigenvalue weighted by molar-refractivity contribution is 0.327. The number of H-pyrrole nitrogens is 1. The molecule has 6 nitrogen and oxygen atoms in total. The van der Waals surface area contributed by atoms with Gasteiger partial charge in [-0.15, -0.1) is 0 Å². The van der Waals surface area contributed by atoms with Gasteiger partial charge in [-0.05, 0) is 50.3 Å². The molecule has 0 saturated carbocycles. The molecule has 2 unspecified atom stereocenters. The largest absolute Gasteiger partial charge is 0.311 e. The van der Waals surface area contributed by atoms with E-state index in [-0.39, 0.29) is 17.6 Å². The summed E-state index contributed by atoms with van der Waals surface area (Å²) < 4.78 is 28.3. The van der Waals surface area contributed by atoms with Gasteiger partial charge in [0.05, 0.1) is 10.6 Å². The molecule has 0 spiro atoms. The quantitative estimate of drug-likeness (QED) is 0.891. The molecule has 1 fully saturated rings. The molecule has 26 heavy (non-hydrogen) atoms. The van der Waals surface area contributed by atoms with E-state index in [1.807, 2.05) is 19.1 Å². The third kappa shape index (κ3) is 2.79. The van der Waals surface area contributed by atoms with Gasteiger partial charge in [0.25, 0.3) is 5.56 Å². The van der Waals surface area contributed by atoms with Crippen molar-refractivity contribution in [3.63, 3.8) is 0 Å². The Kier molecular flexibility index (Phi) is 4.23. The molecule has 0 amide bonds. The van der Waals surface area contributed by atoms with E-state index in [1.165, 1.54) is 0 Å². The summed E-state index contributed by atoms with van der Waals surface area (Å²) in [6, 6.07) is 6.82. The van der Waals surface area contributed by atoms with E-state index < -0.39 is 10.0 Å². The summed E-state index contributed by atoms with van der Waals surface area (Å²) in [5.74, 6) is 0.580. The van der Waals surface area contributed by atoms with E-state index in [0.717, 1.165) is 30.5 Å². The summed E-state index contributed by atoms with van der Waals surface area (Å²) in [5, 5.41) is 0. The highest BCUT2D eigenvalue weighted by Gasteiger charge is 2.45. The number of rotatable bonds is 3. The number of aromatic amines is 1. The molecule has 1 aromatic heterocycles. The zero-order chi connectivity index (χ0) is 18.5. The van der Waals surface area contributed by atoms with Crippen molar-refractivity contribution in [2.24, 2.45) is 0 Å². The molecule has 1 N–H and O–H groups in total. The molecule has 1 saturated heterocycles. The van der Waals surface area contributed by atoms with E-state index in [4.69, 9.17) is 0 Å². The van der Waals surface area contributed by atoms with Crippen LogP contribution in [0, 0.1) is 6.92 Å². The van der Waals surface area contributed by atoms with Gasteiger partial charge in [0.15, 0.2) is 0 Å². The fourth-order valence-electron chi connectivity index (χ4n) is 4.24. The molecular weight excluding hydrogens is 350 g/mol. The number of nitrogens with one attached hydrogen (secondary N) is 1. The molecule has 0 radical (unpaired) electrons. The lowest BCUT2D eigenvalue weighted by atomic mass is 9.98. The second-order valence-electron chi connectivity index (χ2n) is 7.20. The topological polar surface area (TPSA) is 83.1 Å². The van der Waals surface area contributed by atoms with Crippen LogP contribution in [-0.2, 0) is 29.3 Å². The maximum Gasteiger partial charge on any atom is 0.254 e. The summed E-state index contributed by atoms with van der Waals surface area (Å²) in [5.41, 5.74) is 2.37. The zero-order valence-electron chi connectivity index (χ0n) is 15.0. The minimum Gasteiger partial charge on any atom is -0.311 e. The highest BCUT2D eigenvalue weighted by Crippen LogP contribution is 2.37. The first-order valence-corrected chi connectivity index (χ1v) is 10.5. The number of sulfonamides is 1. The Morgan fingerprint density at radius 2 is 1.81 bits per heavy atom. The lowest BCUT2D eigenvalue weighted by Gasteiger charge is -2.27. The number of benzene rings is 1. The smallest absolute Gasteiger partial charge is 0.254 e. The number of aromatic nitrogens is 2. The SMILES string of the molecule is CCc1ccc(S(=O)(=O)N2C3CCC2Cc2c(nc(C)[nH]c2=O)C3)cc1. The van der Waals surface area contributed by atoms with Crippen molar-refractivity contribution in [2.45, 2.75) is 62.9 Å². The van der Waals surface area contributed by atoms with E-state index in [9.17, 15) is 13.2 Å². The van der Waals surface area contributed by atoms with Crippen molar-refractivity contribution in [2.75, 3.05) is 0 Å². The molecule has 2 bridgehead atoms. The number of fused-ring (bicyclic) bond motifs is 3. The maximum atomic E-state index is 13.3. The molecule has 2 aliphatic rings. The van der Waals surface area contributed by atoms with E-state index >= 15 is 0 Å². The average Bonchev–Trinajstić information content (AvgIpc) is 2.91. The predicted octanol–water partition coefficient (Wildman–Crippen LogP) is 1.96. The van der Waals surface area contributed by atoms with Crippen molar-refractivity contribution in [3.05, 3.63) is 57.3 Å². The molecule has 3 heterocycles. The summed E-state index contributed by atoms with van der Waals surface area (Å²) in [7, 11) is -3.59. The fraction of sp³-hybridized carbons (Fsp3) is 0.474. The van der Waals surface area contributed by atoms with Gasteiger partial charge in [-0.3, -0.25) is 4.79 Å². The third-order valence-corrected chi connectivity index (χ3v) is 7.57. The average molecular weight is 373 g/mol. The predicted molar refractivity (Wildman–Crippen MR) is 98.7 cm³/mol. The van der Waals surface area contributed by atoms with Crippen molar-refractivity contribution >= 4 is 10.0 Å². The van der Waals surface area contributed by atoms with Gasteiger partial charge >= 0.3 is 0 Å². The fourth-order valence-corrected chi connectivity index (χ4v) is 6.11. The van der Waals surface area contributed by atoms with Crippen LogP contribution in [0.3, 0.4) is 0 Å². The standard InChI is InChI=1S/C19H23N3O3S/c1-3-13-4-8-16(9-5-13)26(24,25)22-14-6-7-15(22)11-18-17(10-14)19(23)21-12(2)20-18/h4-5,8-9,14-15H,3,6-7,10-11H2,1-2H3,(H,20,21,23). The van der Waals surface area contributed by atoms with Gasteiger partial charge in [-0.1, -0.05) is 19.1 Å². The van der Waals surface area contributed by atoms with Gasteiger partial charge in [0.2, 0.25) is 10.0 Å². The van der Waals surface area contributed by atoms with Crippen LogP contribution >= 0.6 is 0 Å². The van der Waals surface area contributed by atoms with Crippen LogP contribution in [0.1, 0.15) is 42.4 Å². The molecule has 2 atom stereocenters. The first-order valence-electron chi connectivity index (χ1n) is 9.11. The minimum atomic E-state index is -3.59. The van der Waals surface area contributed by atoms with Crippen LogP contribution in [0.5, 0.6) is 0 Å². The van der Waals surface area contributed by atoms with Crippen LogP contribution in [0.25, 0.3) is 0 Å². The second kappa shape index (κ2) is 6.32. The van der Waals surface area contributed by atoms with E-state index in [1.54, 1.807) is 23.4 Å². The zero-order valence-corrected chi connectivity index (χ0v) is 15.8. The lowest BCUT2D eigenvalue weighted by Crippen LogP contribution is -2.41. The van der Waals surface area contributed by atoms with Crippen molar-refractivity contribution in [3.8, 4) is 0 Å². The molecule has 138 valence electrons. The summed E-state index contributed by atoms with van der Waals surface area (Å²) in [4.78, 5) is 19.9. The van der Waals surface area contributed by atoms with Crippen LogP contribution in [-0.4, -0.2) is 34.8 Å². The van der Waals surface area contributed by atoms with Gasteiger partial charge < -0.3 is 4.98 Å². The first-order chi connectivity index (χ1) is 12.4. The van der Waals surface area contributed by atoms with Crippen LogP contribution in [0.15, 0.2) is 34.0 Å². The van der Waals surface area contributed by atoms with Crippen LogP contribution in [0.4, 0.5) is 0 Å². The number of hydrogen-bond donors (Lipinski definition) is 1. The van der Waals surface area contributed by atoms with Crippen molar-refractivity contribution < 1.29 is 8.42 Å². The van der Waals surface area contributed by atoms with Gasteiger partial charge in [-0.25, -0.2) is 13.4 Å². The van der Waals surface area contributed by atoms with Gasteiger partial charge in [0, 0.05) is 24.1 Å². The Balaban J connectivity index is 1.74. The molecule has 0 aliphatic carbocycles. The Hall–Kier alpha value is -1.99. The Morgan fingerprint density at radius 3 is 2.46 bits per heavy atom. The Bertz CT molecular complexity index is 996. The number of hydrogen-bond acceptors (Lipinski definition) is 4. The summed E-state index contributed by atoms with van der Waals surface area (Å²) >= 11 is 0. The highest BCUT2D eigenvalue weighted by molar-refractivity contribution is 7.89. The molecule has 1 aromatic carbocycles. The van der Waals surface area contributed by atoms with Gasteiger partial charge in [-0.2, -0.15) is 4.31 Å². The van der Waals surface area contributed by atoms with E-state index in [0.29, 0.717) is 29.1 Å². The Morgan fingerprint density at radius 1 is 1.15 bits per heavy atom. The van der Waals surface area contributed by atoms with Crippen LogP contribution in [0.2, 0.25) is 0 Å². The van der Waals surface area contributed by atoms with E-state index in [2.05, 4.69) is 9.97 Å². The molecule has 2 aromatic rings. The maximum absolute atomic E-state index is 13.3. The van der Waals surface area contributed by atoms with Crippen molar-refractivity contribution in [1.82, 2.24) is 14.3 Å². The molecule has 4 rings (SSSR count). The normalized spacial score (nSPS) is 22.8. The Labute approximate surface area is 153 Å². The number of nitrogens with zero attached hydrogens (tertiary/aromatic N) is 2. The van der Waals surface area contributed by atoms with Crippen molar-refractivity contribution in [1.29, 1.82) is 0 Å². The molecule has 7 heteroatoms. The van der Waals surface area contributed by atoms with Gasteiger partial charge in [0.1, 0.15) is 5.82 Å². The monoisotopic (exact) mass is 373 g/mol. The third-order valence-electron chi connectivity index (χ3n) is 5.55. The summed E-state index contributed by atoms with van der Waals surface area (Å²) in [6.45, 7) is 3.80. The minimum absolute atomic E-state index is 0.134. The van der Waals surface area contributed by atoms with Crippen LogP contribution < -0.4 is 5.56 Å². The first kappa shape index (κ1) is 17.4. The summed E-state index contributed by atoms with van der Waals surface area (Å²) in [6.07, 6.45) is 3.40.